The van der Waals surface area contributed by atoms with Gasteiger partial charge in [0.1, 0.15) is 0 Å². The van der Waals surface area contributed by atoms with Crippen LogP contribution in [0.25, 0.3) is 0 Å². The quantitative estimate of drug-likeness (QED) is 0.836. The third-order valence-corrected chi connectivity index (χ3v) is 2.58. The van der Waals surface area contributed by atoms with E-state index in [0.717, 1.165) is 12.1 Å². The fourth-order valence-electron chi connectivity index (χ4n) is 1.66. The van der Waals surface area contributed by atoms with Crippen LogP contribution >= 0.6 is 0 Å². The molecule has 5 heteroatoms. The summed E-state index contributed by atoms with van der Waals surface area (Å²) in [6, 6.07) is 2.89. The van der Waals surface area contributed by atoms with Crippen molar-refractivity contribution in [3.05, 3.63) is 35.4 Å². The molecule has 3 nitrogen and oxygen atoms in total. The summed E-state index contributed by atoms with van der Waals surface area (Å²) < 4.78 is 25.7. The molecule has 0 heterocycles. The molecule has 1 aromatic carbocycles. The van der Waals surface area contributed by atoms with Crippen LogP contribution in [-0.4, -0.2) is 16.2 Å². The van der Waals surface area contributed by atoms with Crippen LogP contribution in [0.4, 0.5) is 8.78 Å². The van der Waals surface area contributed by atoms with Gasteiger partial charge in [0.2, 0.25) is 0 Å². The largest absolute Gasteiger partial charge is 0.481 e. The van der Waals surface area contributed by atoms with E-state index in [-0.39, 0.29) is 12.0 Å². The van der Waals surface area contributed by atoms with Gasteiger partial charge >= 0.3 is 5.97 Å². The summed E-state index contributed by atoms with van der Waals surface area (Å²) in [7, 11) is 0. The highest BCUT2D eigenvalue weighted by molar-refractivity contribution is 5.71. The summed E-state index contributed by atoms with van der Waals surface area (Å²) in [5, 5.41) is 18.8. The molecule has 0 amide bonds. The van der Waals surface area contributed by atoms with Gasteiger partial charge in [-0.25, -0.2) is 8.78 Å². The first-order chi connectivity index (χ1) is 7.97. The van der Waals surface area contributed by atoms with Gasteiger partial charge in [-0.15, -0.1) is 0 Å². The van der Waals surface area contributed by atoms with Crippen molar-refractivity contribution in [1.29, 1.82) is 0 Å². The van der Waals surface area contributed by atoms with E-state index >= 15 is 0 Å². The van der Waals surface area contributed by atoms with E-state index in [1.54, 1.807) is 6.92 Å². The third-order valence-electron chi connectivity index (χ3n) is 2.58. The fraction of sp³-hybridized carbons (Fsp3) is 0.417. The summed E-state index contributed by atoms with van der Waals surface area (Å²) >= 11 is 0. The first-order valence-electron chi connectivity index (χ1n) is 5.33. The molecule has 94 valence electrons. The van der Waals surface area contributed by atoms with Gasteiger partial charge in [0.25, 0.3) is 0 Å². The number of benzene rings is 1. The monoisotopic (exact) mass is 244 g/mol. The Morgan fingerprint density at radius 1 is 1.35 bits per heavy atom. The predicted molar refractivity (Wildman–Crippen MR) is 57.4 cm³/mol. The van der Waals surface area contributed by atoms with Crippen molar-refractivity contribution in [1.82, 2.24) is 0 Å². The van der Waals surface area contributed by atoms with Crippen molar-refractivity contribution < 1.29 is 23.8 Å². The van der Waals surface area contributed by atoms with Crippen LogP contribution in [0.15, 0.2) is 18.2 Å². The highest BCUT2D eigenvalue weighted by atomic mass is 19.2. The van der Waals surface area contributed by atoms with Crippen LogP contribution in [0.5, 0.6) is 0 Å². The molecule has 2 atom stereocenters. The Bertz CT molecular complexity index is 407. The molecule has 0 bridgehead atoms. The molecule has 0 fully saturated rings. The maximum atomic E-state index is 13.0. The van der Waals surface area contributed by atoms with Gasteiger partial charge in [-0.1, -0.05) is 19.4 Å². The van der Waals surface area contributed by atoms with Gasteiger partial charge in [0.15, 0.2) is 11.6 Å². The summed E-state index contributed by atoms with van der Waals surface area (Å²) in [6.45, 7) is 1.79. The smallest absolute Gasteiger partial charge is 0.309 e. The lowest BCUT2D eigenvalue weighted by Crippen LogP contribution is -2.22. The van der Waals surface area contributed by atoms with Crippen LogP contribution in [0.1, 0.15) is 31.4 Å². The average Bonchev–Trinajstić information content (AvgIpc) is 2.28. The molecule has 1 aromatic rings. The topological polar surface area (TPSA) is 57.5 Å². The van der Waals surface area contributed by atoms with Gasteiger partial charge in [-0.05, 0) is 24.1 Å². The van der Waals surface area contributed by atoms with Crippen molar-refractivity contribution in [2.75, 3.05) is 0 Å². The van der Waals surface area contributed by atoms with E-state index < -0.39 is 29.6 Å². The molecule has 2 N–H and O–H groups in total. The maximum absolute atomic E-state index is 13.0. The minimum atomic E-state index is -1.33. The molecule has 0 aliphatic heterocycles. The van der Waals surface area contributed by atoms with Crippen LogP contribution < -0.4 is 0 Å². The number of carboxylic acids is 1. The molecule has 0 spiro atoms. The Morgan fingerprint density at radius 2 is 2.00 bits per heavy atom. The number of aliphatic hydroxyl groups excluding tert-OH is 1. The zero-order chi connectivity index (χ0) is 13.0. The Morgan fingerprint density at radius 3 is 2.47 bits per heavy atom. The molecule has 0 saturated heterocycles. The van der Waals surface area contributed by atoms with Crippen LogP contribution in [0, 0.1) is 17.6 Å². The molecule has 0 aliphatic carbocycles. The van der Waals surface area contributed by atoms with E-state index in [2.05, 4.69) is 0 Å². The minimum Gasteiger partial charge on any atom is -0.481 e. The maximum Gasteiger partial charge on any atom is 0.309 e. The SMILES string of the molecule is CCCC(C(=O)O)C(O)c1ccc(F)c(F)c1. The van der Waals surface area contributed by atoms with E-state index in [1.807, 2.05) is 0 Å². The standard InChI is InChI=1S/C12H14F2O3/c1-2-3-8(12(16)17)11(15)7-4-5-9(13)10(14)6-7/h4-6,8,11,15H,2-3H2,1H3,(H,16,17). The normalized spacial score (nSPS) is 14.4. The predicted octanol–water partition coefficient (Wildman–Crippen LogP) is 2.50. The molecule has 0 aliphatic rings. The van der Waals surface area contributed by atoms with Gasteiger partial charge in [-0.2, -0.15) is 0 Å². The summed E-state index contributed by atoms with van der Waals surface area (Å²) in [5.41, 5.74) is 0.0738. The van der Waals surface area contributed by atoms with Crippen molar-refractivity contribution in [3.63, 3.8) is 0 Å². The second kappa shape index (κ2) is 5.72. The Balaban J connectivity index is 2.96. The molecule has 17 heavy (non-hydrogen) atoms. The molecular weight excluding hydrogens is 230 g/mol. The number of halogens is 2. The van der Waals surface area contributed by atoms with Crippen LogP contribution in [0.2, 0.25) is 0 Å². The van der Waals surface area contributed by atoms with E-state index in [4.69, 9.17) is 5.11 Å². The van der Waals surface area contributed by atoms with E-state index in [0.29, 0.717) is 6.42 Å². The van der Waals surface area contributed by atoms with Gasteiger partial charge in [0.05, 0.1) is 12.0 Å². The zero-order valence-corrected chi connectivity index (χ0v) is 9.36. The van der Waals surface area contributed by atoms with Crippen molar-refractivity contribution in [3.8, 4) is 0 Å². The lowest BCUT2D eigenvalue weighted by Gasteiger charge is -2.18. The van der Waals surface area contributed by atoms with Crippen molar-refractivity contribution >= 4 is 5.97 Å². The number of carbonyl (C=O) groups is 1. The molecule has 0 aromatic heterocycles. The molecule has 0 saturated carbocycles. The lowest BCUT2D eigenvalue weighted by molar-refractivity contribution is -0.146. The third kappa shape index (κ3) is 3.23. The van der Waals surface area contributed by atoms with E-state index in [9.17, 15) is 18.7 Å². The van der Waals surface area contributed by atoms with Crippen LogP contribution in [-0.2, 0) is 4.79 Å². The first kappa shape index (κ1) is 13.6. The van der Waals surface area contributed by atoms with Gasteiger partial charge in [-0.3, -0.25) is 4.79 Å². The van der Waals surface area contributed by atoms with E-state index in [1.165, 1.54) is 6.07 Å². The van der Waals surface area contributed by atoms with Gasteiger partial charge < -0.3 is 10.2 Å². The summed E-state index contributed by atoms with van der Waals surface area (Å²) in [6.07, 6.45) is -0.477. The number of aliphatic hydroxyl groups is 1. The first-order valence-corrected chi connectivity index (χ1v) is 5.33. The number of rotatable bonds is 5. The Kier molecular flexibility index (Phi) is 4.57. The lowest BCUT2D eigenvalue weighted by atomic mass is 9.92. The number of carboxylic acid groups (broad SMARTS) is 1. The number of hydrogen-bond donors (Lipinski definition) is 2. The number of hydrogen-bond acceptors (Lipinski definition) is 2. The summed E-state index contributed by atoms with van der Waals surface area (Å²) in [5.74, 6) is -4.28. The minimum absolute atomic E-state index is 0.0738. The Labute approximate surface area is 97.7 Å². The zero-order valence-electron chi connectivity index (χ0n) is 9.36. The molecular formula is C12H14F2O3. The number of aliphatic carboxylic acids is 1. The van der Waals surface area contributed by atoms with Crippen molar-refractivity contribution in [2.45, 2.75) is 25.9 Å². The molecule has 2 unspecified atom stereocenters. The highest BCUT2D eigenvalue weighted by Crippen LogP contribution is 2.27. The molecule has 0 radical (unpaired) electrons. The van der Waals surface area contributed by atoms with Crippen molar-refractivity contribution in [2.24, 2.45) is 5.92 Å². The molecule has 1 rings (SSSR count). The highest BCUT2D eigenvalue weighted by Gasteiger charge is 2.27. The second-order valence-corrected chi connectivity index (χ2v) is 3.85. The average molecular weight is 244 g/mol. The van der Waals surface area contributed by atoms with Gasteiger partial charge in [0, 0.05) is 0 Å². The fourth-order valence-corrected chi connectivity index (χ4v) is 1.66. The Hall–Kier alpha value is -1.49. The van der Waals surface area contributed by atoms with Crippen LogP contribution in [0.3, 0.4) is 0 Å². The summed E-state index contributed by atoms with van der Waals surface area (Å²) in [4.78, 5) is 10.9. The second-order valence-electron chi connectivity index (χ2n) is 3.85.